The molecule has 0 spiro atoms. The van der Waals surface area contributed by atoms with Crippen molar-refractivity contribution >= 4 is 33.6 Å². The van der Waals surface area contributed by atoms with E-state index in [0.717, 1.165) is 10.3 Å². The van der Waals surface area contributed by atoms with Crippen molar-refractivity contribution in [1.82, 2.24) is 19.8 Å². The molecule has 1 aliphatic rings. The SMILES string of the molecule is O=C1NC(Cn2cc3cc(O)ccc3c2O)(c2ccccc2)C(=O)N1Cc1cc(=O)[nH]c2ccccc12. The van der Waals surface area contributed by atoms with E-state index in [4.69, 9.17) is 0 Å². The van der Waals surface area contributed by atoms with Gasteiger partial charge in [-0.05, 0) is 35.4 Å². The number of hydrogen-bond acceptors (Lipinski definition) is 5. The number of aromatic nitrogens is 2. The quantitative estimate of drug-likeness (QED) is 0.278. The van der Waals surface area contributed by atoms with Gasteiger partial charge in [0.25, 0.3) is 5.91 Å². The zero-order chi connectivity index (χ0) is 25.7. The first-order valence-corrected chi connectivity index (χ1v) is 11.7. The highest BCUT2D eigenvalue weighted by molar-refractivity contribution is 6.07. The lowest BCUT2D eigenvalue weighted by Crippen LogP contribution is -2.47. The van der Waals surface area contributed by atoms with E-state index in [0.29, 0.717) is 27.4 Å². The molecule has 0 saturated carbocycles. The third-order valence-electron chi connectivity index (χ3n) is 6.86. The molecule has 6 rings (SSSR count). The highest BCUT2D eigenvalue weighted by atomic mass is 16.3. The molecule has 1 unspecified atom stereocenters. The highest BCUT2D eigenvalue weighted by Crippen LogP contribution is 2.37. The first kappa shape index (κ1) is 22.4. The molecule has 3 amide bonds. The lowest BCUT2D eigenvalue weighted by Gasteiger charge is -2.28. The fraction of sp³-hybridized carbons (Fsp3) is 0.107. The minimum atomic E-state index is -1.51. The third kappa shape index (κ3) is 3.59. The Bertz CT molecular complexity index is 1760. The smallest absolute Gasteiger partial charge is 0.325 e. The molecule has 3 heterocycles. The third-order valence-corrected chi connectivity index (χ3v) is 6.86. The summed E-state index contributed by atoms with van der Waals surface area (Å²) >= 11 is 0. The molecule has 5 aromatic rings. The van der Waals surface area contributed by atoms with Crippen molar-refractivity contribution in [2.75, 3.05) is 0 Å². The maximum atomic E-state index is 14.1. The lowest BCUT2D eigenvalue weighted by molar-refractivity contribution is -0.132. The Kier molecular flexibility index (Phi) is 5.01. The molecule has 184 valence electrons. The van der Waals surface area contributed by atoms with Crippen LogP contribution in [0, 0.1) is 0 Å². The zero-order valence-electron chi connectivity index (χ0n) is 19.5. The number of rotatable bonds is 5. The standard InChI is InChI=1S/C28H22N4O5/c33-20-10-11-22-17(12-20)14-31(25(22)35)16-28(19-6-2-1-3-7-19)26(36)32(27(37)30-28)15-18-13-24(34)29-23-9-5-4-8-21(18)23/h1-14,33,35H,15-16H2,(H,29,34)(H,30,37). The van der Waals surface area contributed by atoms with Crippen LogP contribution in [-0.2, 0) is 23.4 Å². The van der Waals surface area contributed by atoms with Gasteiger partial charge in [-0.2, -0.15) is 0 Å². The number of phenolic OH excluding ortho intramolecular Hbond substituents is 1. The van der Waals surface area contributed by atoms with E-state index in [1.54, 1.807) is 48.7 Å². The fourth-order valence-corrected chi connectivity index (χ4v) is 5.08. The molecule has 3 aromatic carbocycles. The van der Waals surface area contributed by atoms with Crippen molar-refractivity contribution in [2.24, 2.45) is 0 Å². The first-order valence-electron chi connectivity index (χ1n) is 11.7. The molecule has 0 bridgehead atoms. The number of carbonyl (C=O) groups excluding carboxylic acids is 2. The Balaban J connectivity index is 1.44. The summed E-state index contributed by atoms with van der Waals surface area (Å²) in [5.74, 6) is -0.552. The number of H-pyrrole nitrogens is 1. The van der Waals surface area contributed by atoms with Crippen molar-refractivity contribution < 1.29 is 19.8 Å². The average Bonchev–Trinajstić information content (AvgIpc) is 3.32. The number of aromatic amines is 1. The number of carbonyl (C=O) groups is 2. The van der Waals surface area contributed by atoms with Gasteiger partial charge in [0.1, 0.15) is 5.75 Å². The van der Waals surface area contributed by atoms with E-state index in [1.807, 2.05) is 18.2 Å². The number of pyridine rings is 1. The van der Waals surface area contributed by atoms with Gasteiger partial charge in [-0.15, -0.1) is 0 Å². The number of benzene rings is 3. The number of para-hydroxylation sites is 1. The van der Waals surface area contributed by atoms with Crippen molar-refractivity contribution in [3.63, 3.8) is 0 Å². The molecule has 1 atom stereocenters. The monoisotopic (exact) mass is 494 g/mol. The largest absolute Gasteiger partial charge is 0.508 e. The Morgan fingerprint density at radius 2 is 1.59 bits per heavy atom. The number of phenols is 1. The number of nitrogens with one attached hydrogen (secondary N) is 2. The highest BCUT2D eigenvalue weighted by Gasteiger charge is 2.53. The number of nitrogens with zero attached hydrogens (tertiary/aromatic N) is 2. The Labute approximate surface area is 210 Å². The molecule has 1 saturated heterocycles. The normalized spacial score (nSPS) is 17.6. The van der Waals surface area contributed by atoms with E-state index >= 15 is 0 Å². The summed E-state index contributed by atoms with van der Waals surface area (Å²) in [6.07, 6.45) is 1.63. The topological polar surface area (TPSA) is 128 Å². The van der Waals surface area contributed by atoms with Crippen LogP contribution in [0.3, 0.4) is 0 Å². The van der Waals surface area contributed by atoms with Crippen LogP contribution in [-0.4, -0.2) is 36.6 Å². The Morgan fingerprint density at radius 3 is 2.41 bits per heavy atom. The molecule has 37 heavy (non-hydrogen) atoms. The van der Waals surface area contributed by atoms with E-state index in [2.05, 4.69) is 10.3 Å². The van der Waals surface area contributed by atoms with E-state index in [9.17, 15) is 24.6 Å². The molecule has 1 fully saturated rings. The van der Waals surface area contributed by atoms with Gasteiger partial charge in [-0.25, -0.2) is 4.79 Å². The summed E-state index contributed by atoms with van der Waals surface area (Å²) in [6.45, 7) is -0.188. The number of fused-ring (bicyclic) bond motifs is 2. The van der Waals surface area contributed by atoms with Gasteiger partial charge in [0.15, 0.2) is 11.4 Å². The molecule has 9 heteroatoms. The second-order valence-electron chi connectivity index (χ2n) is 9.15. The number of urea groups is 1. The van der Waals surface area contributed by atoms with Gasteiger partial charge in [-0.1, -0.05) is 48.5 Å². The number of aromatic hydroxyl groups is 2. The molecular formula is C28H22N4O5. The Morgan fingerprint density at radius 1 is 0.838 bits per heavy atom. The number of imide groups is 1. The molecule has 2 aromatic heterocycles. The number of amides is 3. The van der Waals surface area contributed by atoms with Gasteiger partial charge in [0, 0.05) is 33.9 Å². The average molecular weight is 495 g/mol. The van der Waals surface area contributed by atoms with Crippen LogP contribution in [0.2, 0.25) is 0 Å². The fourth-order valence-electron chi connectivity index (χ4n) is 5.08. The predicted octanol–water partition coefficient (Wildman–Crippen LogP) is 3.54. The molecule has 0 radical (unpaired) electrons. The van der Waals surface area contributed by atoms with Crippen molar-refractivity contribution in [3.05, 3.63) is 107 Å². The minimum absolute atomic E-state index is 0.0453. The molecule has 0 aliphatic carbocycles. The minimum Gasteiger partial charge on any atom is -0.508 e. The zero-order valence-corrected chi connectivity index (χ0v) is 19.5. The maximum Gasteiger partial charge on any atom is 0.325 e. The van der Waals surface area contributed by atoms with Crippen LogP contribution in [0.5, 0.6) is 11.6 Å². The first-order chi connectivity index (χ1) is 17.9. The van der Waals surface area contributed by atoms with E-state index in [-0.39, 0.29) is 30.3 Å². The summed E-state index contributed by atoms with van der Waals surface area (Å²) in [5.41, 5.74) is -0.145. The van der Waals surface area contributed by atoms with Crippen LogP contribution in [0.25, 0.3) is 21.7 Å². The molecule has 1 aliphatic heterocycles. The van der Waals surface area contributed by atoms with Gasteiger partial charge in [-0.3, -0.25) is 14.5 Å². The van der Waals surface area contributed by atoms with Crippen LogP contribution < -0.4 is 10.9 Å². The van der Waals surface area contributed by atoms with E-state index < -0.39 is 17.5 Å². The molecular weight excluding hydrogens is 472 g/mol. The predicted molar refractivity (Wildman–Crippen MR) is 137 cm³/mol. The van der Waals surface area contributed by atoms with Gasteiger partial charge >= 0.3 is 6.03 Å². The van der Waals surface area contributed by atoms with Crippen molar-refractivity contribution in [3.8, 4) is 11.6 Å². The number of hydrogen-bond donors (Lipinski definition) is 4. The van der Waals surface area contributed by atoms with Gasteiger partial charge in [0.2, 0.25) is 5.56 Å². The van der Waals surface area contributed by atoms with Crippen molar-refractivity contribution in [1.29, 1.82) is 0 Å². The van der Waals surface area contributed by atoms with Crippen LogP contribution in [0.4, 0.5) is 4.79 Å². The summed E-state index contributed by atoms with van der Waals surface area (Å²) in [6, 6.07) is 21.4. The molecule has 4 N–H and O–H groups in total. The summed E-state index contributed by atoms with van der Waals surface area (Å²) in [5, 5.41) is 25.5. The summed E-state index contributed by atoms with van der Waals surface area (Å²) < 4.78 is 1.49. The van der Waals surface area contributed by atoms with Crippen LogP contribution >= 0.6 is 0 Å². The van der Waals surface area contributed by atoms with E-state index in [1.165, 1.54) is 22.8 Å². The van der Waals surface area contributed by atoms with Gasteiger partial charge in [0.05, 0.1) is 13.1 Å². The summed E-state index contributed by atoms with van der Waals surface area (Å²) in [4.78, 5) is 43.5. The Hall–Kier alpha value is -5.05. The van der Waals surface area contributed by atoms with Crippen LogP contribution in [0.15, 0.2) is 89.9 Å². The second-order valence-corrected chi connectivity index (χ2v) is 9.15. The summed E-state index contributed by atoms with van der Waals surface area (Å²) in [7, 11) is 0. The van der Waals surface area contributed by atoms with Crippen molar-refractivity contribution in [2.45, 2.75) is 18.6 Å². The second kappa shape index (κ2) is 8.27. The van der Waals surface area contributed by atoms with Crippen LogP contribution in [0.1, 0.15) is 11.1 Å². The maximum absolute atomic E-state index is 14.1. The van der Waals surface area contributed by atoms with Gasteiger partial charge < -0.3 is 25.1 Å². The molecule has 9 nitrogen and oxygen atoms in total. The lowest BCUT2D eigenvalue weighted by atomic mass is 9.89.